The molecule has 0 bridgehead atoms. The van der Waals surface area contributed by atoms with Crippen LogP contribution >= 0.6 is 22.7 Å². The highest BCUT2D eigenvalue weighted by Gasteiger charge is 2.12. The number of nitrogens with zero attached hydrogens (tertiary/aromatic N) is 2. The van der Waals surface area contributed by atoms with E-state index in [9.17, 15) is 9.59 Å². The van der Waals surface area contributed by atoms with Crippen molar-refractivity contribution < 1.29 is 19.8 Å². The number of carboxylic acid groups (broad SMARTS) is 2. The average molecular weight is 396 g/mol. The van der Waals surface area contributed by atoms with Gasteiger partial charge in [0.05, 0.1) is 10.6 Å². The minimum Gasteiger partial charge on any atom is -0.478 e. The predicted octanol–water partition coefficient (Wildman–Crippen LogP) is 3.15. The number of anilines is 1. The second-order valence-electron chi connectivity index (χ2n) is 5.68. The molecule has 9 heteroatoms. The molecule has 2 aromatic rings. The molecule has 26 heavy (non-hydrogen) atoms. The van der Waals surface area contributed by atoms with E-state index in [-0.39, 0.29) is 0 Å². The number of piperidine rings is 1. The molecular formula is C17H21N3O4S2. The minimum absolute atomic E-state index is 0.558. The molecule has 1 aliphatic heterocycles. The zero-order chi connectivity index (χ0) is 18.9. The third-order valence-electron chi connectivity index (χ3n) is 3.63. The Hall–Kier alpha value is -2.23. The van der Waals surface area contributed by atoms with E-state index in [1.165, 1.54) is 53.4 Å². The Morgan fingerprint density at radius 1 is 1.15 bits per heavy atom. The van der Waals surface area contributed by atoms with E-state index in [1.807, 2.05) is 16.7 Å². The Bertz CT molecular complexity index is 748. The van der Waals surface area contributed by atoms with Crippen molar-refractivity contribution in [2.45, 2.75) is 25.8 Å². The highest BCUT2D eigenvalue weighted by molar-refractivity contribution is 7.16. The highest BCUT2D eigenvalue weighted by Crippen LogP contribution is 2.30. The van der Waals surface area contributed by atoms with E-state index in [0.717, 1.165) is 12.2 Å². The maximum absolute atomic E-state index is 9.55. The van der Waals surface area contributed by atoms with E-state index in [2.05, 4.69) is 22.0 Å². The van der Waals surface area contributed by atoms with Crippen molar-refractivity contribution in [3.05, 3.63) is 34.5 Å². The molecule has 0 aliphatic carbocycles. The third kappa shape index (κ3) is 6.95. The number of likely N-dealkylation sites (tertiary alicyclic amines) is 1. The molecule has 1 aliphatic rings. The van der Waals surface area contributed by atoms with Crippen molar-refractivity contribution in [2.75, 3.05) is 18.8 Å². The van der Waals surface area contributed by atoms with Gasteiger partial charge in [0.1, 0.15) is 0 Å². The van der Waals surface area contributed by atoms with Crippen LogP contribution in [0.4, 0.5) is 5.13 Å². The number of thiazole rings is 1. The summed E-state index contributed by atoms with van der Waals surface area (Å²) in [6.07, 6.45) is 5.21. The monoisotopic (exact) mass is 395 g/mol. The van der Waals surface area contributed by atoms with Gasteiger partial charge in [-0.15, -0.1) is 22.7 Å². The van der Waals surface area contributed by atoms with E-state index in [4.69, 9.17) is 15.9 Å². The number of hydrogen-bond acceptors (Lipinski definition) is 7. The second-order valence-corrected chi connectivity index (χ2v) is 7.74. The van der Waals surface area contributed by atoms with Crippen LogP contribution in [-0.4, -0.2) is 45.1 Å². The van der Waals surface area contributed by atoms with E-state index >= 15 is 0 Å². The number of thiophene rings is 1. The summed E-state index contributed by atoms with van der Waals surface area (Å²) >= 11 is 3.35. The molecule has 0 atom stereocenters. The summed E-state index contributed by atoms with van der Waals surface area (Å²) in [7, 11) is 0. The van der Waals surface area contributed by atoms with Crippen LogP contribution in [-0.2, 0) is 16.1 Å². The Morgan fingerprint density at radius 3 is 2.35 bits per heavy atom. The molecule has 0 aromatic carbocycles. The lowest BCUT2D eigenvalue weighted by Gasteiger charge is -2.25. The number of carbonyl (C=O) groups is 2. The van der Waals surface area contributed by atoms with Gasteiger partial charge >= 0.3 is 11.9 Å². The van der Waals surface area contributed by atoms with Gasteiger partial charge in [-0.25, -0.2) is 14.6 Å². The van der Waals surface area contributed by atoms with Gasteiger partial charge in [0.25, 0.3) is 0 Å². The molecule has 3 heterocycles. The van der Waals surface area contributed by atoms with Crippen LogP contribution in [0.25, 0.3) is 10.6 Å². The summed E-state index contributed by atoms with van der Waals surface area (Å²) in [5.74, 6) is -2.51. The largest absolute Gasteiger partial charge is 0.478 e. The number of rotatable bonds is 5. The Balaban J connectivity index is 0.000000260. The van der Waals surface area contributed by atoms with E-state index in [1.54, 1.807) is 0 Å². The Labute approximate surface area is 159 Å². The smallest absolute Gasteiger partial charge is 0.328 e. The SMILES string of the molecule is Nc1nc(-c2ccc(CN3CCCCC3)s2)cs1.O=C(O)C=CC(=O)O. The van der Waals surface area contributed by atoms with E-state index in [0.29, 0.717) is 17.3 Å². The van der Waals surface area contributed by atoms with Gasteiger partial charge in [-0.3, -0.25) is 4.90 Å². The zero-order valence-corrected chi connectivity index (χ0v) is 15.8. The molecule has 140 valence electrons. The molecule has 0 spiro atoms. The van der Waals surface area contributed by atoms with Gasteiger partial charge in [0.2, 0.25) is 0 Å². The first-order valence-electron chi connectivity index (χ1n) is 8.10. The molecule has 0 radical (unpaired) electrons. The van der Waals surface area contributed by atoms with Crippen molar-refractivity contribution in [1.29, 1.82) is 0 Å². The summed E-state index contributed by atoms with van der Waals surface area (Å²) < 4.78 is 0. The zero-order valence-electron chi connectivity index (χ0n) is 14.1. The predicted molar refractivity (Wildman–Crippen MR) is 103 cm³/mol. The summed E-state index contributed by atoms with van der Waals surface area (Å²) in [6.45, 7) is 3.58. The first-order valence-corrected chi connectivity index (χ1v) is 9.80. The summed E-state index contributed by atoms with van der Waals surface area (Å²) in [6, 6.07) is 4.39. The molecule has 3 rings (SSSR count). The molecule has 1 saturated heterocycles. The lowest BCUT2D eigenvalue weighted by molar-refractivity contribution is -0.134. The highest BCUT2D eigenvalue weighted by atomic mass is 32.1. The summed E-state index contributed by atoms with van der Waals surface area (Å²) in [5, 5.41) is 18.3. The lowest BCUT2D eigenvalue weighted by Crippen LogP contribution is -2.28. The van der Waals surface area contributed by atoms with Gasteiger partial charge in [-0.2, -0.15) is 0 Å². The summed E-state index contributed by atoms with van der Waals surface area (Å²) in [4.78, 5) is 28.7. The molecule has 1 fully saturated rings. The summed E-state index contributed by atoms with van der Waals surface area (Å²) in [5.41, 5.74) is 6.70. The normalized spacial score (nSPS) is 14.8. The van der Waals surface area contributed by atoms with Crippen LogP contribution in [0.2, 0.25) is 0 Å². The van der Waals surface area contributed by atoms with Crippen molar-refractivity contribution in [3.63, 3.8) is 0 Å². The maximum atomic E-state index is 9.55. The maximum Gasteiger partial charge on any atom is 0.328 e. The Kier molecular flexibility index (Phi) is 7.76. The number of hydrogen-bond donors (Lipinski definition) is 3. The third-order valence-corrected chi connectivity index (χ3v) is 5.40. The molecular weight excluding hydrogens is 374 g/mol. The number of carboxylic acids is 2. The quantitative estimate of drug-likeness (QED) is 0.666. The first kappa shape index (κ1) is 20.1. The molecule has 4 N–H and O–H groups in total. The molecule has 7 nitrogen and oxygen atoms in total. The molecule has 2 aromatic heterocycles. The van der Waals surface area contributed by atoms with Crippen LogP contribution in [0.15, 0.2) is 29.7 Å². The van der Waals surface area contributed by atoms with Crippen molar-refractivity contribution in [1.82, 2.24) is 9.88 Å². The fourth-order valence-electron chi connectivity index (χ4n) is 2.48. The second kappa shape index (κ2) is 10.0. The number of aliphatic carboxylic acids is 2. The van der Waals surface area contributed by atoms with Crippen molar-refractivity contribution >= 4 is 39.7 Å². The average Bonchev–Trinajstić information content (AvgIpc) is 3.23. The molecule has 0 saturated carbocycles. The standard InChI is InChI=1S/C13H17N3S2.C4H4O4/c14-13-15-11(9-17-13)12-5-4-10(18-12)8-16-6-2-1-3-7-16;5-3(6)1-2-4(7)8/h4-5,9H,1-3,6-8H2,(H2,14,15);1-2H,(H,5,6)(H,7,8). The first-order chi connectivity index (χ1) is 12.4. The number of nitrogen functional groups attached to an aromatic ring is 1. The Morgan fingerprint density at radius 2 is 1.81 bits per heavy atom. The van der Waals surface area contributed by atoms with Gasteiger partial charge in [0.15, 0.2) is 5.13 Å². The number of aromatic nitrogens is 1. The van der Waals surface area contributed by atoms with Crippen LogP contribution in [0, 0.1) is 0 Å². The lowest BCUT2D eigenvalue weighted by atomic mass is 10.1. The van der Waals surface area contributed by atoms with Gasteiger partial charge in [0, 0.05) is 29.0 Å². The van der Waals surface area contributed by atoms with Crippen molar-refractivity contribution in [3.8, 4) is 10.6 Å². The van der Waals surface area contributed by atoms with Crippen LogP contribution in [0.3, 0.4) is 0 Å². The van der Waals surface area contributed by atoms with Crippen LogP contribution in [0.1, 0.15) is 24.1 Å². The van der Waals surface area contributed by atoms with Gasteiger partial charge in [-0.05, 0) is 38.1 Å². The van der Waals surface area contributed by atoms with Gasteiger partial charge in [-0.1, -0.05) is 6.42 Å². The van der Waals surface area contributed by atoms with Gasteiger partial charge < -0.3 is 15.9 Å². The molecule has 0 amide bonds. The molecule has 0 unspecified atom stereocenters. The van der Waals surface area contributed by atoms with Crippen LogP contribution in [0.5, 0.6) is 0 Å². The van der Waals surface area contributed by atoms with Crippen molar-refractivity contribution in [2.24, 2.45) is 0 Å². The van der Waals surface area contributed by atoms with E-state index < -0.39 is 11.9 Å². The van der Waals surface area contributed by atoms with Crippen LogP contribution < -0.4 is 5.73 Å². The number of nitrogens with two attached hydrogens (primary N) is 1. The minimum atomic E-state index is -1.26. The topological polar surface area (TPSA) is 117 Å². The fraction of sp³-hybridized carbons (Fsp3) is 0.353. The fourth-order valence-corrected chi connectivity index (χ4v) is 4.13.